The van der Waals surface area contributed by atoms with E-state index in [2.05, 4.69) is 19.8 Å². The summed E-state index contributed by atoms with van der Waals surface area (Å²) >= 11 is 0. The molecule has 0 atom stereocenters. The Labute approximate surface area is 141 Å². The second kappa shape index (κ2) is 7.04. The van der Waals surface area contributed by atoms with Crippen LogP contribution in [0.5, 0.6) is 11.9 Å². The molecule has 132 valence electrons. The minimum atomic E-state index is -3.85. The standard InChI is InChI=1S/C14H21N5O4S/c1-6-22-13-11(8-15-14(16-13)23-7-2)18-24(20,21)12-9(3)17-19(5)10(12)4/h8,18H,6-7H2,1-5H3. The molecule has 0 aromatic carbocycles. The fraction of sp³-hybridized carbons (Fsp3) is 0.500. The van der Waals surface area contributed by atoms with Crippen molar-refractivity contribution in [3.63, 3.8) is 0 Å². The predicted molar refractivity (Wildman–Crippen MR) is 87.9 cm³/mol. The lowest BCUT2D eigenvalue weighted by atomic mass is 10.4. The molecule has 0 saturated heterocycles. The zero-order chi connectivity index (χ0) is 17.9. The molecule has 2 aromatic rings. The van der Waals surface area contributed by atoms with Crippen molar-refractivity contribution in [3.8, 4) is 11.9 Å². The SMILES string of the molecule is CCOc1ncc(NS(=O)(=O)c2c(C)nn(C)c2C)c(OCC)n1. The van der Waals surface area contributed by atoms with Crippen LogP contribution >= 0.6 is 0 Å². The van der Waals surface area contributed by atoms with Gasteiger partial charge in [0.2, 0.25) is 5.88 Å². The first-order valence-electron chi connectivity index (χ1n) is 7.45. The molecule has 24 heavy (non-hydrogen) atoms. The van der Waals surface area contributed by atoms with E-state index in [1.54, 1.807) is 34.7 Å². The Morgan fingerprint density at radius 1 is 1.21 bits per heavy atom. The molecule has 2 heterocycles. The van der Waals surface area contributed by atoms with E-state index in [9.17, 15) is 8.42 Å². The van der Waals surface area contributed by atoms with E-state index >= 15 is 0 Å². The lowest BCUT2D eigenvalue weighted by Gasteiger charge is -2.12. The van der Waals surface area contributed by atoms with E-state index in [1.807, 2.05) is 0 Å². The summed E-state index contributed by atoms with van der Waals surface area (Å²) in [5.41, 5.74) is 1.08. The van der Waals surface area contributed by atoms with Gasteiger partial charge in [-0.3, -0.25) is 9.40 Å². The van der Waals surface area contributed by atoms with E-state index in [0.29, 0.717) is 24.6 Å². The lowest BCUT2D eigenvalue weighted by Crippen LogP contribution is -2.16. The molecule has 0 unspecified atom stereocenters. The van der Waals surface area contributed by atoms with E-state index in [0.717, 1.165) is 0 Å². The molecular formula is C14H21N5O4S. The smallest absolute Gasteiger partial charge is 0.319 e. The summed E-state index contributed by atoms with van der Waals surface area (Å²) in [6, 6.07) is 0.123. The highest BCUT2D eigenvalue weighted by molar-refractivity contribution is 7.92. The van der Waals surface area contributed by atoms with Gasteiger partial charge in [-0.25, -0.2) is 13.4 Å². The second-order valence-corrected chi connectivity index (χ2v) is 6.59. The van der Waals surface area contributed by atoms with Gasteiger partial charge in [-0.2, -0.15) is 10.1 Å². The van der Waals surface area contributed by atoms with Gasteiger partial charge < -0.3 is 9.47 Å². The topological polar surface area (TPSA) is 108 Å². The minimum Gasteiger partial charge on any atom is -0.476 e. The van der Waals surface area contributed by atoms with Gasteiger partial charge in [-0.1, -0.05) is 0 Å². The summed E-state index contributed by atoms with van der Waals surface area (Å²) in [4.78, 5) is 8.18. The Balaban J connectivity index is 2.42. The van der Waals surface area contributed by atoms with E-state index in [4.69, 9.17) is 9.47 Å². The normalized spacial score (nSPS) is 11.4. The van der Waals surface area contributed by atoms with Crippen molar-refractivity contribution in [2.24, 2.45) is 7.05 Å². The molecule has 0 fully saturated rings. The number of rotatable bonds is 7. The molecule has 0 saturated carbocycles. The number of ether oxygens (including phenoxy) is 2. The van der Waals surface area contributed by atoms with Crippen molar-refractivity contribution in [1.29, 1.82) is 0 Å². The maximum Gasteiger partial charge on any atom is 0.319 e. The number of aromatic nitrogens is 4. The molecule has 10 heteroatoms. The van der Waals surface area contributed by atoms with Gasteiger partial charge in [0, 0.05) is 7.05 Å². The molecule has 0 aliphatic rings. The molecule has 0 aliphatic carbocycles. The van der Waals surface area contributed by atoms with Crippen LogP contribution in [0.1, 0.15) is 25.2 Å². The summed E-state index contributed by atoms with van der Waals surface area (Å²) < 4.78 is 40.0. The highest BCUT2D eigenvalue weighted by Crippen LogP contribution is 2.28. The number of hydrogen-bond donors (Lipinski definition) is 1. The average Bonchev–Trinajstić information content (AvgIpc) is 2.75. The van der Waals surface area contributed by atoms with Gasteiger partial charge in [0.1, 0.15) is 10.6 Å². The summed E-state index contributed by atoms with van der Waals surface area (Å²) in [5, 5.41) is 4.13. The molecule has 0 aliphatic heterocycles. The highest BCUT2D eigenvalue weighted by Gasteiger charge is 2.25. The maximum atomic E-state index is 12.7. The number of nitrogens with one attached hydrogen (secondary N) is 1. The summed E-state index contributed by atoms with van der Waals surface area (Å²) in [6.45, 7) is 7.61. The van der Waals surface area contributed by atoms with Crippen LogP contribution in [0.4, 0.5) is 5.69 Å². The third-order valence-electron chi connectivity index (χ3n) is 3.24. The van der Waals surface area contributed by atoms with Crippen LogP contribution in [0.2, 0.25) is 0 Å². The Hall–Kier alpha value is -2.36. The number of nitrogens with zero attached hydrogens (tertiary/aromatic N) is 4. The Bertz CT molecular complexity index is 832. The van der Waals surface area contributed by atoms with Gasteiger partial charge >= 0.3 is 6.01 Å². The van der Waals surface area contributed by atoms with Gasteiger partial charge in [0.15, 0.2) is 0 Å². The largest absolute Gasteiger partial charge is 0.476 e. The molecule has 9 nitrogen and oxygen atoms in total. The van der Waals surface area contributed by atoms with Crippen molar-refractivity contribution in [3.05, 3.63) is 17.6 Å². The molecule has 1 N–H and O–H groups in total. The summed E-state index contributed by atoms with van der Waals surface area (Å²) in [7, 11) is -2.17. The van der Waals surface area contributed by atoms with Gasteiger partial charge in [0.25, 0.3) is 10.0 Å². The first-order chi connectivity index (χ1) is 11.3. The number of sulfonamides is 1. The molecule has 2 rings (SSSR count). The molecule has 0 radical (unpaired) electrons. The zero-order valence-corrected chi connectivity index (χ0v) is 15.1. The fourth-order valence-electron chi connectivity index (χ4n) is 2.21. The maximum absolute atomic E-state index is 12.7. The Morgan fingerprint density at radius 3 is 2.42 bits per heavy atom. The van der Waals surface area contributed by atoms with Crippen molar-refractivity contribution in [2.75, 3.05) is 17.9 Å². The van der Waals surface area contributed by atoms with Crippen molar-refractivity contribution < 1.29 is 17.9 Å². The van der Waals surface area contributed by atoms with Crippen LogP contribution in [-0.4, -0.2) is 41.4 Å². The first-order valence-corrected chi connectivity index (χ1v) is 8.94. The minimum absolute atomic E-state index is 0.110. The van der Waals surface area contributed by atoms with E-state index in [-0.39, 0.29) is 22.5 Å². The Morgan fingerprint density at radius 2 is 1.88 bits per heavy atom. The molecule has 0 spiro atoms. The van der Waals surface area contributed by atoms with Crippen LogP contribution in [0, 0.1) is 13.8 Å². The van der Waals surface area contributed by atoms with Crippen LogP contribution in [-0.2, 0) is 17.1 Å². The first kappa shape index (κ1) is 18.0. The highest BCUT2D eigenvalue weighted by atomic mass is 32.2. The third kappa shape index (κ3) is 3.58. The van der Waals surface area contributed by atoms with Gasteiger partial charge in [-0.05, 0) is 27.7 Å². The Kier molecular flexibility index (Phi) is 5.27. The summed E-state index contributed by atoms with van der Waals surface area (Å²) in [6.07, 6.45) is 1.32. The van der Waals surface area contributed by atoms with Crippen LogP contribution in [0.25, 0.3) is 0 Å². The molecule has 0 bridgehead atoms. The van der Waals surface area contributed by atoms with Crippen LogP contribution in [0.3, 0.4) is 0 Å². The zero-order valence-electron chi connectivity index (χ0n) is 14.3. The van der Waals surface area contributed by atoms with Gasteiger partial charge in [-0.15, -0.1) is 0 Å². The monoisotopic (exact) mass is 355 g/mol. The number of hydrogen-bond acceptors (Lipinski definition) is 7. The number of aryl methyl sites for hydroxylation is 2. The predicted octanol–water partition coefficient (Wildman–Crippen LogP) is 1.43. The second-order valence-electron chi connectivity index (χ2n) is 4.97. The number of anilines is 1. The van der Waals surface area contributed by atoms with Crippen molar-refractivity contribution in [2.45, 2.75) is 32.6 Å². The lowest BCUT2D eigenvalue weighted by molar-refractivity contribution is 0.290. The molecule has 2 aromatic heterocycles. The quantitative estimate of drug-likeness (QED) is 0.800. The third-order valence-corrected chi connectivity index (χ3v) is 4.86. The van der Waals surface area contributed by atoms with Crippen molar-refractivity contribution >= 4 is 15.7 Å². The van der Waals surface area contributed by atoms with Crippen LogP contribution < -0.4 is 14.2 Å². The van der Waals surface area contributed by atoms with E-state index in [1.165, 1.54) is 10.9 Å². The fourth-order valence-corrected chi connectivity index (χ4v) is 3.69. The molecular weight excluding hydrogens is 334 g/mol. The summed E-state index contributed by atoms with van der Waals surface area (Å²) in [5.74, 6) is 0.110. The van der Waals surface area contributed by atoms with Gasteiger partial charge in [0.05, 0.1) is 30.8 Å². The van der Waals surface area contributed by atoms with Crippen molar-refractivity contribution in [1.82, 2.24) is 19.7 Å². The van der Waals surface area contributed by atoms with Crippen LogP contribution in [0.15, 0.2) is 11.1 Å². The van der Waals surface area contributed by atoms with E-state index < -0.39 is 10.0 Å². The molecule has 0 amide bonds. The average molecular weight is 355 g/mol.